The lowest BCUT2D eigenvalue weighted by molar-refractivity contribution is -0.179. The zero-order valence-corrected chi connectivity index (χ0v) is 6.20. The Balaban J connectivity index is 2.19. The van der Waals surface area contributed by atoms with Crippen LogP contribution in [0.25, 0.3) is 0 Å². The van der Waals surface area contributed by atoms with E-state index in [1.54, 1.807) is 0 Å². The van der Waals surface area contributed by atoms with E-state index >= 15 is 0 Å². The molecule has 0 aromatic carbocycles. The fourth-order valence-corrected chi connectivity index (χ4v) is 0.672. The van der Waals surface area contributed by atoms with E-state index in [1.807, 2.05) is 0 Å². The second-order valence-corrected chi connectivity index (χ2v) is 2.65. The first-order valence-corrected chi connectivity index (χ1v) is 3.50. The Bertz CT molecular complexity index is 148. The zero-order valence-electron chi connectivity index (χ0n) is 6.20. The molecule has 1 heterocycles. The first kappa shape index (κ1) is 9.73. The lowest BCUT2D eigenvalue weighted by Gasteiger charge is -2.28. The predicted molar refractivity (Wildman–Crippen MR) is 33.6 cm³/mol. The first-order valence-electron chi connectivity index (χ1n) is 3.50. The Labute approximate surface area is 66.9 Å². The van der Waals surface area contributed by atoms with Crippen LogP contribution < -0.4 is 5.32 Å². The van der Waals surface area contributed by atoms with Crippen LogP contribution in [0.5, 0.6) is 0 Å². The summed E-state index contributed by atoms with van der Waals surface area (Å²) in [6, 6.07) is 0. The van der Waals surface area contributed by atoms with E-state index in [0.29, 0.717) is 13.1 Å². The Morgan fingerprint density at radius 3 is 2.33 bits per heavy atom. The maximum Gasteiger partial charge on any atom is 0.330 e. The van der Waals surface area contributed by atoms with Crippen LogP contribution in [0.3, 0.4) is 0 Å². The first-order chi connectivity index (χ1) is 5.52. The van der Waals surface area contributed by atoms with E-state index in [1.165, 1.54) is 0 Å². The van der Waals surface area contributed by atoms with E-state index in [2.05, 4.69) is 10.1 Å². The fourth-order valence-electron chi connectivity index (χ4n) is 0.672. The molecule has 0 atom stereocenters. The molecule has 0 aliphatic carbocycles. The van der Waals surface area contributed by atoms with Crippen molar-refractivity contribution in [3.05, 3.63) is 0 Å². The second kappa shape index (κ2) is 3.57. The molecular weight excluding hydrogens is 178 g/mol. The Hall–Kier alpha value is -0.360. The van der Waals surface area contributed by atoms with E-state index in [9.17, 15) is 17.6 Å². The summed E-state index contributed by atoms with van der Waals surface area (Å²) in [5.41, 5.74) is 0. The van der Waals surface area contributed by atoms with Crippen LogP contribution >= 0.6 is 0 Å². The van der Waals surface area contributed by atoms with Gasteiger partial charge in [-0.25, -0.2) is 8.78 Å². The van der Waals surface area contributed by atoms with Crippen molar-refractivity contribution >= 4 is 0 Å². The predicted octanol–water partition coefficient (Wildman–Crippen LogP) is 0.875. The van der Waals surface area contributed by atoms with Gasteiger partial charge in [-0.2, -0.15) is 8.78 Å². The van der Waals surface area contributed by atoms with Crippen LogP contribution in [0, 0.1) is 0 Å². The van der Waals surface area contributed by atoms with Crippen molar-refractivity contribution in [2.45, 2.75) is 18.5 Å². The third kappa shape index (κ3) is 2.31. The second-order valence-electron chi connectivity index (χ2n) is 2.65. The Kier molecular flexibility index (Phi) is 2.89. The van der Waals surface area contributed by atoms with Gasteiger partial charge in [-0.05, 0) is 0 Å². The normalized spacial score (nSPS) is 19.8. The minimum Gasteiger partial charge on any atom is -0.369 e. The summed E-state index contributed by atoms with van der Waals surface area (Å²) in [5, 5.41) is 2.77. The van der Waals surface area contributed by atoms with Crippen molar-refractivity contribution in [1.82, 2.24) is 5.32 Å². The molecule has 0 spiro atoms. The highest BCUT2D eigenvalue weighted by Crippen LogP contribution is 2.23. The standard InChI is InChI=1S/C6H9F4NO/c7-5(8)6(9,10)3-12-4-1-11-2-4/h4-5,11H,1-3H2. The van der Waals surface area contributed by atoms with E-state index < -0.39 is 19.0 Å². The van der Waals surface area contributed by atoms with Gasteiger partial charge in [-0.1, -0.05) is 0 Å². The van der Waals surface area contributed by atoms with Gasteiger partial charge < -0.3 is 10.1 Å². The van der Waals surface area contributed by atoms with Gasteiger partial charge in [0.2, 0.25) is 0 Å². The van der Waals surface area contributed by atoms with Crippen molar-refractivity contribution in [2.24, 2.45) is 0 Å². The lowest BCUT2D eigenvalue weighted by Crippen LogP contribution is -2.50. The van der Waals surface area contributed by atoms with Crippen molar-refractivity contribution in [2.75, 3.05) is 19.7 Å². The lowest BCUT2D eigenvalue weighted by atomic mass is 10.2. The summed E-state index contributed by atoms with van der Waals surface area (Å²) in [4.78, 5) is 0. The molecule has 0 unspecified atom stereocenters. The van der Waals surface area contributed by atoms with Crippen molar-refractivity contribution in [3.63, 3.8) is 0 Å². The van der Waals surface area contributed by atoms with Gasteiger partial charge in [0, 0.05) is 13.1 Å². The molecular formula is C6H9F4NO. The van der Waals surface area contributed by atoms with Crippen LogP contribution in [0.4, 0.5) is 17.6 Å². The largest absolute Gasteiger partial charge is 0.369 e. The highest BCUT2D eigenvalue weighted by Gasteiger charge is 2.42. The summed E-state index contributed by atoms with van der Waals surface area (Å²) in [6.07, 6.45) is -3.99. The molecule has 12 heavy (non-hydrogen) atoms. The zero-order chi connectivity index (χ0) is 9.19. The number of nitrogens with one attached hydrogen (secondary N) is 1. The maximum atomic E-state index is 12.2. The molecule has 0 radical (unpaired) electrons. The van der Waals surface area contributed by atoms with E-state index in [0.717, 1.165) is 0 Å². The third-order valence-corrected chi connectivity index (χ3v) is 1.57. The molecule has 72 valence electrons. The highest BCUT2D eigenvalue weighted by molar-refractivity contribution is 4.77. The third-order valence-electron chi connectivity index (χ3n) is 1.57. The van der Waals surface area contributed by atoms with Gasteiger partial charge in [0.05, 0.1) is 6.10 Å². The average molecular weight is 187 g/mol. The molecule has 1 fully saturated rings. The molecule has 1 rings (SSSR count). The number of halogens is 4. The van der Waals surface area contributed by atoms with Crippen LogP contribution in [0.15, 0.2) is 0 Å². The Morgan fingerprint density at radius 1 is 1.42 bits per heavy atom. The van der Waals surface area contributed by atoms with Gasteiger partial charge in [0.15, 0.2) is 0 Å². The molecule has 0 aromatic heterocycles. The number of hydrogen-bond acceptors (Lipinski definition) is 2. The minimum absolute atomic E-state index is 0.338. The number of rotatable bonds is 4. The number of alkyl halides is 4. The van der Waals surface area contributed by atoms with E-state index in [-0.39, 0.29) is 6.10 Å². The monoisotopic (exact) mass is 187 g/mol. The van der Waals surface area contributed by atoms with Crippen molar-refractivity contribution < 1.29 is 22.3 Å². The van der Waals surface area contributed by atoms with Crippen molar-refractivity contribution in [1.29, 1.82) is 0 Å². The molecule has 0 aromatic rings. The quantitative estimate of drug-likeness (QED) is 0.659. The number of ether oxygens (including phenoxy) is 1. The molecule has 1 aliphatic rings. The van der Waals surface area contributed by atoms with Crippen molar-refractivity contribution in [3.8, 4) is 0 Å². The molecule has 2 nitrogen and oxygen atoms in total. The van der Waals surface area contributed by atoms with Crippen LogP contribution in [0.2, 0.25) is 0 Å². The Morgan fingerprint density at radius 2 is 2.00 bits per heavy atom. The smallest absolute Gasteiger partial charge is 0.330 e. The highest BCUT2D eigenvalue weighted by atomic mass is 19.3. The van der Waals surface area contributed by atoms with Gasteiger partial charge in [0.25, 0.3) is 0 Å². The van der Waals surface area contributed by atoms with Crippen LogP contribution in [-0.4, -0.2) is 38.1 Å². The molecule has 0 saturated carbocycles. The SMILES string of the molecule is FC(F)C(F)(F)COC1CNC1. The van der Waals surface area contributed by atoms with Gasteiger partial charge >= 0.3 is 12.3 Å². The van der Waals surface area contributed by atoms with Gasteiger partial charge in [0.1, 0.15) is 6.61 Å². The average Bonchev–Trinajstić information content (AvgIpc) is 1.83. The van der Waals surface area contributed by atoms with Gasteiger partial charge in [-0.15, -0.1) is 0 Å². The van der Waals surface area contributed by atoms with Gasteiger partial charge in [-0.3, -0.25) is 0 Å². The molecule has 0 amide bonds. The van der Waals surface area contributed by atoms with E-state index in [4.69, 9.17) is 0 Å². The number of hydrogen-bond donors (Lipinski definition) is 1. The fraction of sp³-hybridized carbons (Fsp3) is 1.00. The summed E-state index contributed by atoms with van der Waals surface area (Å²) in [6.45, 7) is -0.282. The van der Waals surface area contributed by atoms with Crippen LogP contribution in [0.1, 0.15) is 0 Å². The molecule has 6 heteroatoms. The topological polar surface area (TPSA) is 21.3 Å². The summed E-state index contributed by atoms with van der Waals surface area (Å²) in [7, 11) is 0. The molecule has 0 bridgehead atoms. The summed E-state index contributed by atoms with van der Waals surface area (Å²) >= 11 is 0. The minimum atomic E-state index is -4.02. The molecule has 1 N–H and O–H groups in total. The summed E-state index contributed by atoms with van der Waals surface area (Å²) in [5.74, 6) is -4.02. The molecule has 1 aliphatic heterocycles. The molecule has 1 saturated heterocycles. The van der Waals surface area contributed by atoms with Crippen LogP contribution in [-0.2, 0) is 4.74 Å². The maximum absolute atomic E-state index is 12.2. The summed E-state index contributed by atoms with van der Waals surface area (Å²) < 4.78 is 51.9.